The third-order valence-corrected chi connectivity index (χ3v) is 10.7. The van der Waals surface area contributed by atoms with Crippen molar-refractivity contribution >= 4 is 35.4 Å². The molecule has 4 aliphatic rings. The van der Waals surface area contributed by atoms with E-state index >= 15 is 0 Å². The summed E-state index contributed by atoms with van der Waals surface area (Å²) < 4.78 is 0. The maximum Gasteiger partial charge on any atom is 0.246 e. The van der Waals surface area contributed by atoms with Crippen molar-refractivity contribution in [3.63, 3.8) is 0 Å². The lowest BCUT2D eigenvalue weighted by atomic mass is 9.47. The highest BCUT2D eigenvalue weighted by atomic mass is 16.5. The zero-order valence-corrected chi connectivity index (χ0v) is 30.9. The fourth-order valence-electron chi connectivity index (χ4n) is 8.30. The van der Waals surface area contributed by atoms with Gasteiger partial charge in [-0.05, 0) is 108 Å². The van der Waals surface area contributed by atoms with Gasteiger partial charge in [-0.2, -0.15) is 0 Å². The Kier molecular flexibility index (Phi) is 17.7. The van der Waals surface area contributed by atoms with Gasteiger partial charge in [0, 0.05) is 71.9 Å². The Bertz CT molecular complexity index is 1200. The van der Waals surface area contributed by atoms with E-state index in [0.29, 0.717) is 104 Å². The maximum atomic E-state index is 13.1. The third-order valence-electron chi connectivity index (χ3n) is 10.7. The van der Waals surface area contributed by atoms with Crippen molar-refractivity contribution in [1.82, 2.24) is 31.1 Å². The van der Waals surface area contributed by atoms with E-state index in [1.54, 1.807) is 0 Å². The second kappa shape index (κ2) is 21.4. The van der Waals surface area contributed by atoms with Crippen LogP contribution < -0.4 is 16.0 Å². The van der Waals surface area contributed by atoms with Crippen molar-refractivity contribution < 1.29 is 49.5 Å². The number of rotatable bonds is 25. The molecule has 0 aromatic rings. The molecule has 6 amide bonds. The smallest absolute Gasteiger partial charge is 0.246 e. The monoisotopic (exact) mass is 738 g/mol. The van der Waals surface area contributed by atoms with Gasteiger partial charge in [0.1, 0.15) is 0 Å². The van der Waals surface area contributed by atoms with Crippen LogP contribution in [0, 0.1) is 17.3 Å². The molecule has 0 saturated heterocycles. The highest BCUT2D eigenvalue weighted by Gasteiger charge is 2.60. The molecule has 16 nitrogen and oxygen atoms in total. The first-order valence-electron chi connectivity index (χ1n) is 19.2. The number of hydroxylamine groups is 6. The summed E-state index contributed by atoms with van der Waals surface area (Å²) >= 11 is 0. The molecule has 0 heterocycles. The number of amides is 6. The molecule has 0 spiro atoms. The Morgan fingerprint density at radius 3 is 1.42 bits per heavy atom. The van der Waals surface area contributed by atoms with Crippen molar-refractivity contribution in [2.24, 2.45) is 17.3 Å². The standard InChI is InChI=1S/C36H62N6O10/c1-27(43)40(50)18-8-2-5-15-37-30(44)11-13-32(46)41(51)19-9-3-6-16-38-31(45)12-14-33(47)42(52)20-10-4-7-17-39-34(48)35-22-28-21-29(23-35)25-36(49,24-28)26-35/h28-29,49-52H,2-26H2,1H3,(H,37,44)(H,38,45)(H,39,48)/t28-,29+,35?,36?. The molecule has 4 rings (SSSR count). The van der Waals surface area contributed by atoms with Crippen molar-refractivity contribution in [2.45, 2.75) is 135 Å². The molecular weight excluding hydrogens is 676 g/mol. The summed E-state index contributed by atoms with van der Waals surface area (Å²) in [5, 5.41) is 50.6. The summed E-state index contributed by atoms with van der Waals surface area (Å²) in [6.45, 7) is 3.03. The molecule has 296 valence electrons. The number of carbonyl (C=O) groups excluding carboxylic acids is 6. The summed E-state index contributed by atoms with van der Waals surface area (Å²) in [6.07, 6.45) is 10.4. The Morgan fingerprint density at radius 1 is 0.577 bits per heavy atom. The summed E-state index contributed by atoms with van der Waals surface area (Å²) in [5.74, 6) is -1.18. The quantitative estimate of drug-likeness (QED) is 0.0411. The Hall–Kier alpha value is -3.34. The second-order valence-corrected chi connectivity index (χ2v) is 15.3. The zero-order valence-electron chi connectivity index (χ0n) is 30.9. The van der Waals surface area contributed by atoms with Gasteiger partial charge in [-0.15, -0.1) is 0 Å². The van der Waals surface area contributed by atoms with Crippen LogP contribution >= 0.6 is 0 Å². The van der Waals surface area contributed by atoms with Crippen LogP contribution in [0.4, 0.5) is 0 Å². The highest BCUT2D eigenvalue weighted by Crippen LogP contribution is 2.61. The van der Waals surface area contributed by atoms with Gasteiger partial charge in [0.25, 0.3) is 0 Å². The fraction of sp³-hybridized carbons (Fsp3) is 0.833. The largest absolute Gasteiger partial charge is 0.390 e. The Labute approximate surface area is 306 Å². The van der Waals surface area contributed by atoms with Crippen LogP contribution in [0.1, 0.15) is 129 Å². The van der Waals surface area contributed by atoms with Gasteiger partial charge >= 0.3 is 0 Å². The molecule has 52 heavy (non-hydrogen) atoms. The lowest BCUT2D eigenvalue weighted by Gasteiger charge is -2.59. The van der Waals surface area contributed by atoms with Gasteiger partial charge in [-0.25, -0.2) is 15.2 Å². The highest BCUT2D eigenvalue weighted by molar-refractivity contribution is 5.84. The van der Waals surface area contributed by atoms with E-state index in [0.717, 1.165) is 38.5 Å². The summed E-state index contributed by atoms with van der Waals surface area (Å²) in [5.41, 5.74) is -1.10. The first kappa shape index (κ1) is 43.1. The van der Waals surface area contributed by atoms with E-state index < -0.39 is 28.7 Å². The average molecular weight is 739 g/mol. The lowest BCUT2D eigenvalue weighted by molar-refractivity contribution is -0.178. The third kappa shape index (κ3) is 14.6. The van der Waals surface area contributed by atoms with Gasteiger partial charge in [-0.1, -0.05) is 0 Å². The minimum Gasteiger partial charge on any atom is -0.390 e. The summed E-state index contributed by atoms with van der Waals surface area (Å²) in [4.78, 5) is 72.4. The van der Waals surface area contributed by atoms with Gasteiger partial charge in [0.05, 0.1) is 11.0 Å². The SMILES string of the molecule is CC(=O)N(O)CCCCCNC(=O)CCC(=O)N(O)CCCCCNC(=O)CCC(=O)N(O)CCCCCNC(=O)C12C[C@@H]3C[C@@H](CC(O)(C3)C1)C2. The van der Waals surface area contributed by atoms with Gasteiger partial charge in [0.15, 0.2) is 0 Å². The number of nitrogens with one attached hydrogen (secondary N) is 3. The van der Waals surface area contributed by atoms with Crippen LogP contribution in [0.5, 0.6) is 0 Å². The number of hydrogen-bond donors (Lipinski definition) is 7. The predicted octanol–water partition coefficient (Wildman–Crippen LogP) is 2.41. The zero-order chi connectivity index (χ0) is 38.1. The predicted molar refractivity (Wildman–Crippen MR) is 187 cm³/mol. The summed E-state index contributed by atoms with van der Waals surface area (Å²) in [7, 11) is 0. The molecule has 16 heteroatoms. The van der Waals surface area contributed by atoms with Crippen molar-refractivity contribution in [1.29, 1.82) is 0 Å². The van der Waals surface area contributed by atoms with Crippen molar-refractivity contribution in [3.8, 4) is 0 Å². The van der Waals surface area contributed by atoms with E-state index in [4.69, 9.17) is 0 Å². The lowest BCUT2D eigenvalue weighted by Crippen LogP contribution is -2.60. The van der Waals surface area contributed by atoms with E-state index in [9.17, 15) is 49.5 Å². The molecule has 2 unspecified atom stereocenters. The van der Waals surface area contributed by atoms with Gasteiger partial charge in [-0.3, -0.25) is 44.4 Å². The van der Waals surface area contributed by atoms with E-state index in [1.165, 1.54) is 6.92 Å². The van der Waals surface area contributed by atoms with E-state index in [1.807, 2.05) is 0 Å². The van der Waals surface area contributed by atoms with Gasteiger partial charge < -0.3 is 21.1 Å². The number of aliphatic hydroxyl groups is 1. The van der Waals surface area contributed by atoms with Crippen LogP contribution in [0.25, 0.3) is 0 Å². The number of carbonyl (C=O) groups is 6. The number of nitrogens with zero attached hydrogens (tertiary/aromatic N) is 3. The molecule has 7 N–H and O–H groups in total. The summed E-state index contributed by atoms with van der Waals surface area (Å²) in [6, 6.07) is 0. The first-order chi connectivity index (χ1) is 24.7. The molecule has 0 aromatic carbocycles. The molecule has 4 saturated carbocycles. The maximum absolute atomic E-state index is 13.1. The molecule has 0 radical (unpaired) electrons. The normalized spacial score (nSPS) is 22.8. The van der Waals surface area contributed by atoms with Crippen LogP contribution in [0.2, 0.25) is 0 Å². The molecule has 4 atom stereocenters. The first-order valence-corrected chi connectivity index (χ1v) is 19.2. The molecule has 4 fully saturated rings. The molecule has 0 aromatic heterocycles. The average Bonchev–Trinajstić information content (AvgIpc) is 3.08. The van der Waals surface area contributed by atoms with Crippen LogP contribution in [-0.4, -0.2) is 116 Å². The van der Waals surface area contributed by atoms with E-state index in [-0.39, 0.29) is 63.0 Å². The molecule has 0 aliphatic heterocycles. The van der Waals surface area contributed by atoms with Crippen molar-refractivity contribution in [3.05, 3.63) is 0 Å². The van der Waals surface area contributed by atoms with E-state index in [2.05, 4.69) is 16.0 Å². The number of unbranched alkanes of at least 4 members (excludes halogenated alkanes) is 6. The minimum absolute atomic E-state index is 0.0528. The minimum atomic E-state index is -0.674. The van der Waals surface area contributed by atoms with Crippen LogP contribution in [-0.2, 0) is 28.8 Å². The topological polar surface area (TPSA) is 229 Å². The van der Waals surface area contributed by atoms with Crippen LogP contribution in [0.3, 0.4) is 0 Å². The molecule has 4 aliphatic carbocycles. The van der Waals surface area contributed by atoms with Gasteiger partial charge in [0.2, 0.25) is 35.4 Å². The Morgan fingerprint density at radius 2 is 1.00 bits per heavy atom. The molecule has 4 bridgehead atoms. The van der Waals surface area contributed by atoms with Crippen LogP contribution in [0.15, 0.2) is 0 Å². The fourth-order valence-corrected chi connectivity index (χ4v) is 8.30. The molecular formula is C36H62N6O10. The van der Waals surface area contributed by atoms with Crippen molar-refractivity contribution in [2.75, 3.05) is 39.3 Å². The second-order valence-electron chi connectivity index (χ2n) is 15.3. The number of hydrogen-bond acceptors (Lipinski definition) is 10. The Balaban J connectivity index is 1.11.